The molecular weight excluding hydrogens is 330 g/mol. The number of thiophene rings is 1. The number of benzene rings is 2. The molecule has 2 aromatic carbocycles. The lowest BCUT2D eigenvalue weighted by molar-refractivity contribution is -0.111. The van der Waals surface area contributed by atoms with Gasteiger partial charge in [-0.05, 0) is 35.7 Å². The molecule has 0 spiro atoms. The van der Waals surface area contributed by atoms with Crippen molar-refractivity contribution < 1.29 is 4.79 Å². The van der Waals surface area contributed by atoms with Crippen LogP contribution in [0.5, 0.6) is 0 Å². The van der Waals surface area contributed by atoms with Crippen molar-refractivity contribution in [3.8, 4) is 0 Å². The van der Waals surface area contributed by atoms with Crippen molar-refractivity contribution in [3.63, 3.8) is 0 Å². The Labute approximate surface area is 150 Å². The molecule has 25 heavy (non-hydrogen) atoms. The minimum absolute atomic E-state index is 0.0520. The number of carbonyl (C=O) groups is 1. The maximum absolute atomic E-state index is 12.3. The highest BCUT2D eigenvalue weighted by Crippen LogP contribution is 2.40. The van der Waals surface area contributed by atoms with Gasteiger partial charge in [0.1, 0.15) is 0 Å². The van der Waals surface area contributed by atoms with Gasteiger partial charge in [-0.15, -0.1) is 16.4 Å². The fourth-order valence-electron chi connectivity index (χ4n) is 2.99. The molecule has 0 N–H and O–H groups in total. The summed E-state index contributed by atoms with van der Waals surface area (Å²) in [6.07, 6.45) is -0.177. The second kappa shape index (κ2) is 6.53. The number of nitrogens with zero attached hydrogens (tertiary/aromatic N) is 3. The zero-order chi connectivity index (χ0) is 17.2. The van der Waals surface area contributed by atoms with Gasteiger partial charge in [0.15, 0.2) is 17.8 Å². The van der Waals surface area contributed by atoms with Crippen molar-refractivity contribution in [2.45, 2.75) is 13.1 Å². The van der Waals surface area contributed by atoms with Crippen LogP contribution in [0.15, 0.2) is 83.3 Å². The molecule has 4 nitrogen and oxygen atoms in total. The van der Waals surface area contributed by atoms with Crippen molar-refractivity contribution in [2.75, 3.05) is 9.91 Å². The summed E-state index contributed by atoms with van der Waals surface area (Å²) < 4.78 is 0. The summed E-state index contributed by atoms with van der Waals surface area (Å²) in [5.74, 6) is 0.400. The van der Waals surface area contributed by atoms with E-state index in [9.17, 15) is 4.79 Å². The zero-order valence-corrected chi connectivity index (χ0v) is 14.6. The van der Waals surface area contributed by atoms with Crippen LogP contribution in [-0.2, 0) is 4.79 Å². The van der Waals surface area contributed by atoms with E-state index in [0.717, 1.165) is 16.3 Å². The van der Waals surface area contributed by atoms with Gasteiger partial charge in [-0.1, -0.05) is 42.5 Å². The summed E-state index contributed by atoms with van der Waals surface area (Å²) in [5.41, 5.74) is 1.91. The van der Waals surface area contributed by atoms with E-state index in [1.165, 1.54) is 0 Å². The molecule has 0 unspecified atom stereocenters. The van der Waals surface area contributed by atoms with E-state index in [1.807, 2.05) is 82.0 Å². The van der Waals surface area contributed by atoms with Gasteiger partial charge in [0.25, 0.3) is 0 Å². The minimum atomic E-state index is -0.177. The van der Waals surface area contributed by atoms with Gasteiger partial charge in [-0.2, -0.15) is 0 Å². The number of anilines is 2. The Morgan fingerprint density at radius 1 is 0.920 bits per heavy atom. The summed E-state index contributed by atoms with van der Waals surface area (Å²) in [4.78, 5) is 15.5. The third-order valence-corrected chi connectivity index (χ3v) is 4.99. The largest absolute Gasteiger partial charge is 0.294 e. The number of carbonyl (C=O) groups excluding carboxylic acids is 1. The van der Waals surface area contributed by atoms with Crippen LogP contribution in [0.1, 0.15) is 18.0 Å². The monoisotopic (exact) mass is 347 g/mol. The first-order valence-electron chi connectivity index (χ1n) is 8.07. The standard InChI is InChI=1S/C20H17N3OS/c1-15(24)19-21-23(17-11-6-3-7-12-17)20(18-13-8-14-25-18)22(19)16-9-4-2-5-10-16/h2-14,20H,1H3/t20-/m0/s1. The van der Waals surface area contributed by atoms with Crippen LogP contribution in [0.3, 0.4) is 0 Å². The number of Topliss-reactive ketones (excluding diaryl/α,β-unsaturated/α-hetero) is 1. The molecule has 3 aromatic rings. The van der Waals surface area contributed by atoms with E-state index in [0.29, 0.717) is 5.84 Å². The molecule has 0 saturated carbocycles. The molecule has 124 valence electrons. The van der Waals surface area contributed by atoms with Crippen LogP contribution in [0.4, 0.5) is 11.4 Å². The highest BCUT2D eigenvalue weighted by atomic mass is 32.1. The van der Waals surface area contributed by atoms with E-state index < -0.39 is 0 Å². The average molecular weight is 347 g/mol. The lowest BCUT2D eigenvalue weighted by Gasteiger charge is -2.30. The molecule has 5 heteroatoms. The van der Waals surface area contributed by atoms with Crippen LogP contribution >= 0.6 is 11.3 Å². The van der Waals surface area contributed by atoms with Gasteiger partial charge in [-0.3, -0.25) is 9.69 Å². The zero-order valence-electron chi connectivity index (χ0n) is 13.7. The first-order chi connectivity index (χ1) is 12.3. The Bertz CT molecular complexity index is 891. The quantitative estimate of drug-likeness (QED) is 0.688. The molecule has 0 amide bonds. The van der Waals surface area contributed by atoms with E-state index in [-0.39, 0.29) is 11.9 Å². The van der Waals surface area contributed by atoms with Crippen molar-refractivity contribution >= 4 is 34.3 Å². The Kier molecular flexibility index (Phi) is 4.07. The molecule has 0 radical (unpaired) electrons. The molecule has 0 fully saturated rings. The Hall–Kier alpha value is -2.92. The SMILES string of the molecule is CC(=O)C1=NN(c2ccccc2)[C@@H](c2cccs2)N1c1ccccc1. The third kappa shape index (κ3) is 2.83. The lowest BCUT2D eigenvalue weighted by atomic mass is 10.2. The van der Waals surface area contributed by atoms with Crippen molar-refractivity contribution in [2.24, 2.45) is 5.10 Å². The molecule has 1 aliphatic heterocycles. The number of hydrogen-bond acceptors (Lipinski definition) is 5. The number of para-hydroxylation sites is 2. The van der Waals surface area contributed by atoms with Crippen LogP contribution in [0.2, 0.25) is 0 Å². The predicted molar refractivity (Wildman–Crippen MR) is 103 cm³/mol. The lowest BCUT2D eigenvalue weighted by Crippen LogP contribution is -2.37. The second-order valence-electron chi connectivity index (χ2n) is 5.75. The minimum Gasteiger partial charge on any atom is -0.294 e. The van der Waals surface area contributed by atoms with E-state index in [1.54, 1.807) is 18.3 Å². The van der Waals surface area contributed by atoms with Gasteiger partial charge < -0.3 is 0 Å². The highest BCUT2D eigenvalue weighted by Gasteiger charge is 2.39. The summed E-state index contributed by atoms with van der Waals surface area (Å²) in [6.45, 7) is 1.56. The summed E-state index contributed by atoms with van der Waals surface area (Å²) in [7, 11) is 0. The van der Waals surface area contributed by atoms with Crippen molar-refractivity contribution in [1.29, 1.82) is 0 Å². The van der Waals surface area contributed by atoms with Gasteiger partial charge in [-0.25, -0.2) is 5.01 Å². The van der Waals surface area contributed by atoms with Crippen molar-refractivity contribution in [1.82, 2.24) is 0 Å². The maximum atomic E-state index is 12.3. The number of rotatable bonds is 4. The molecule has 4 rings (SSSR count). The Balaban J connectivity index is 1.88. The van der Waals surface area contributed by atoms with Gasteiger partial charge in [0.2, 0.25) is 0 Å². The molecule has 1 aliphatic rings. The molecule has 0 bridgehead atoms. The van der Waals surface area contributed by atoms with E-state index in [4.69, 9.17) is 0 Å². The third-order valence-electron chi connectivity index (χ3n) is 4.07. The Morgan fingerprint density at radius 3 is 2.12 bits per heavy atom. The normalized spacial score (nSPS) is 16.8. The molecule has 1 atom stereocenters. The highest BCUT2D eigenvalue weighted by molar-refractivity contribution is 7.10. The van der Waals surface area contributed by atoms with E-state index in [2.05, 4.69) is 11.2 Å². The first-order valence-corrected chi connectivity index (χ1v) is 8.95. The van der Waals surface area contributed by atoms with E-state index >= 15 is 0 Å². The molecule has 1 aromatic heterocycles. The predicted octanol–water partition coefficient (Wildman–Crippen LogP) is 4.68. The smallest absolute Gasteiger partial charge is 0.198 e. The summed E-state index contributed by atoms with van der Waals surface area (Å²) in [5, 5.41) is 8.66. The van der Waals surface area contributed by atoms with Crippen LogP contribution in [0, 0.1) is 0 Å². The summed E-state index contributed by atoms with van der Waals surface area (Å²) in [6, 6.07) is 24.0. The van der Waals surface area contributed by atoms with Crippen LogP contribution in [0.25, 0.3) is 0 Å². The van der Waals surface area contributed by atoms with Gasteiger partial charge >= 0.3 is 0 Å². The number of amidine groups is 1. The van der Waals surface area contributed by atoms with Crippen LogP contribution < -0.4 is 9.91 Å². The fraction of sp³-hybridized carbons (Fsp3) is 0.100. The Morgan fingerprint density at radius 2 is 1.56 bits per heavy atom. The van der Waals surface area contributed by atoms with Crippen LogP contribution in [-0.4, -0.2) is 11.6 Å². The molecule has 0 saturated heterocycles. The van der Waals surface area contributed by atoms with Crippen molar-refractivity contribution in [3.05, 3.63) is 83.1 Å². The molecular formula is C20H17N3OS. The van der Waals surface area contributed by atoms with Gasteiger partial charge in [0.05, 0.1) is 5.69 Å². The molecule has 0 aliphatic carbocycles. The number of ketones is 1. The average Bonchev–Trinajstić information content (AvgIpc) is 3.30. The number of hydrogen-bond donors (Lipinski definition) is 0. The topological polar surface area (TPSA) is 35.9 Å². The molecule has 2 heterocycles. The first kappa shape index (κ1) is 15.6. The second-order valence-corrected chi connectivity index (χ2v) is 6.73. The summed E-state index contributed by atoms with van der Waals surface area (Å²) >= 11 is 1.66. The maximum Gasteiger partial charge on any atom is 0.198 e. The number of hydrazone groups is 1. The van der Waals surface area contributed by atoms with Gasteiger partial charge in [0, 0.05) is 17.5 Å². The fourth-order valence-corrected chi connectivity index (χ4v) is 3.79.